The third-order valence-electron chi connectivity index (χ3n) is 5.44. The fourth-order valence-electron chi connectivity index (χ4n) is 3.50. The average molecular weight is 418 g/mol. The topological polar surface area (TPSA) is 103 Å². The van der Waals surface area contributed by atoms with E-state index in [1.807, 2.05) is 26.8 Å². The van der Waals surface area contributed by atoms with Crippen LogP contribution in [0.2, 0.25) is 0 Å². The number of aryl methyl sites for hydroxylation is 1. The van der Waals surface area contributed by atoms with Crippen molar-refractivity contribution in [1.82, 2.24) is 15.2 Å². The molecule has 1 aliphatic rings. The number of aromatic nitrogens is 1. The zero-order chi connectivity index (χ0) is 21.1. The van der Waals surface area contributed by atoms with E-state index in [9.17, 15) is 19.8 Å². The lowest BCUT2D eigenvalue weighted by atomic mass is 10.1. The van der Waals surface area contributed by atoms with Crippen molar-refractivity contribution in [2.24, 2.45) is 5.92 Å². The van der Waals surface area contributed by atoms with Crippen LogP contribution in [-0.2, 0) is 16.1 Å². The van der Waals surface area contributed by atoms with Crippen LogP contribution in [0, 0.1) is 12.8 Å². The van der Waals surface area contributed by atoms with Gasteiger partial charge in [-0.1, -0.05) is 26.0 Å². The minimum absolute atomic E-state index is 0.0922. The highest BCUT2D eigenvalue weighted by molar-refractivity contribution is 7.13. The molecule has 3 N–H and O–H groups in total. The lowest BCUT2D eigenvalue weighted by molar-refractivity contribution is -0.141. The number of nitrogens with zero attached hydrogens (tertiary/aromatic N) is 2. The van der Waals surface area contributed by atoms with Gasteiger partial charge in [0.2, 0.25) is 11.8 Å². The molecule has 1 aromatic carbocycles. The number of nitrogens with one attached hydrogen (secondary N) is 1. The van der Waals surface area contributed by atoms with E-state index in [4.69, 9.17) is 0 Å². The Morgan fingerprint density at radius 1 is 1.41 bits per heavy atom. The lowest BCUT2D eigenvalue weighted by Crippen LogP contribution is -2.47. The van der Waals surface area contributed by atoms with Crippen LogP contribution in [0.25, 0.3) is 10.4 Å². The van der Waals surface area contributed by atoms with Crippen LogP contribution >= 0.6 is 11.3 Å². The summed E-state index contributed by atoms with van der Waals surface area (Å²) in [6.07, 6.45) is 0.206. The predicted molar refractivity (Wildman–Crippen MR) is 111 cm³/mol. The van der Waals surface area contributed by atoms with E-state index in [-0.39, 0.29) is 43.0 Å². The van der Waals surface area contributed by atoms with Crippen LogP contribution in [0.3, 0.4) is 0 Å². The van der Waals surface area contributed by atoms with E-state index in [0.717, 1.165) is 16.1 Å². The maximum atomic E-state index is 12.7. The minimum Gasteiger partial charge on any atom is -0.508 e. The van der Waals surface area contributed by atoms with Crippen LogP contribution in [0.5, 0.6) is 5.75 Å². The summed E-state index contributed by atoms with van der Waals surface area (Å²) in [5.41, 5.74) is 4.13. The number of likely N-dealkylation sites (tertiary alicyclic amines) is 1. The number of β-amino-alcohol motifs (C(OH)–C–C–N with tert-alkyl or cyclic N) is 1. The SMILES string of the molecule is CCC(C)C(=O)N1CC(O)CC1C(=O)NCc1ccc(-c2scnc2C)cc1O. The highest BCUT2D eigenvalue weighted by Gasteiger charge is 2.39. The number of carbonyl (C=O) groups excluding carboxylic acids is 2. The second-order valence-electron chi connectivity index (χ2n) is 7.53. The number of hydrogen-bond acceptors (Lipinski definition) is 6. The summed E-state index contributed by atoms with van der Waals surface area (Å²) in [7, 11) is 0. The summed E-state index contributed by atoms with van der Waals surface area (Å²) >= 11 is 1.51. The van der Waals surface area contributed by atoms with E-state index in [1.165, 1.54) is 16.2 Å². The number of benzene rings is 1. The van der Waals surface area contributed by atoms with Crippen molar-refractivity contribution in [2.75, 3.05) is 6.54 Å². The van der Waals surface area contributed by atoms with Crippen LogP contribution < -0.4 is 5.32 Å². The van der Waals surface area contributed by atoms with E-state index in [0.29, 0.717) is 12.0 Å². The zero-order valence-electron chi connectivity index (χ0n) is 16.9. The molecule has 156 valence electrons. The van der Waals surface area contributed by atoms with Crippen LogP contribution in [0.15, 0.2) is 23.7 Å². The third-order valence-corrected chi connectivity index (χ3v) is 6.42. The molecule has 1 fully saturated rings. The monoisotopic (exact) mass is 417 g/mol. The number of amides is 2. The van der Waals surface area contributed by atoms with Crippen molar-refractivity contribution in [3.05, 3.63) is 35.0 Å². The number of thiazole rings is 1. The quantitative estimate of drug-likeness (QED) is 0.670. The zero-order valence-corrected chi connectivity index (χ0v) is 17.7. The van der Waals surface area contributed by atoms with Gasteiger partial charge in [-0.3, -0.25) is 9.59 Å². The average Bonchev–Trinajstić information content (AvgIpc) is 3.31. The molecule has 1 aromatic heterocycles. The Kier molecular flexibility index (Phi) is 6.54. The maximum absolute atomic E-state index is 12.7. The standard InChI is InChI=1S/C21H27N3O4S/c1-4-12(2)21(28)24-10-16(25)8-17(24)20(27)22-9-15-6-5-14(7-18(15)26)19-13(3)23-11-29-19/h5-7,11-12,16-17,25-26H,4,8-10H2,1-3H3,(H,22,27). The van der Waals surface area contributed by atoms with Gasteiger partial charge in [-0.15, -0.1) is 11.3 Å². The van der Waals surface area contributed by atoms with Crippen molar-refractivity contribution >= 4 is 23.2 Å². The van der Waals surface area contributed by atoms with Crippen LogP contribution in [0.4, 0.5) is 0 Å². The molecule has 0 spiro atoms. The van der Waals surface area contributed by atoms with Gasteiger partial charge in [-0.25, -0.2) is 4.98 Å². The molecule has 7 nitrogen and oxygen atoms in total. The van der Waals surface area contributed by atoms with Gasteiger partial charge >= 0.3 is 0 Å². The molecule has 0 bridgehead atoms. The Labute approximate surface area is 174 Å². The molecule has 3 rings (SSSR count). The van der Waals surface area contributed by atoms with Crippen LogP contribution in [-0.4, -0.2) is 50.6 Å². The number of phenolic OH excluding ortho intramolecular Hbond substituents is 1. The summed E-state index contributed by atoms with van der Waals surface area (Å²) in [6.45, 7) is 5.98. The Morgan fingerprint density at radius 2 is 2.17 bits per heavy atom. The van der Waals surface area contributed by atoms with Gasteiger partial charge in [0.1, 0.15) is 11.8 Å². The fourth-order valence-corrected chi connectivity index (χ4v) is 4.30. The molecule has 3 unspecified atom stereocenters. The first-order valence-electron chi connectivity index (χ1n) is 9.80. The molecular formula is C21H27N3O4S. The number of carbonyl (C=O) groups is 2. The number of aliphatic hydroxyl groups is 1. The van der Waals surface area contributed by atoms with Crippen molar-refractivity contribution in [1.29, 1.82) is 0 Å². The van der Waals surface area contributed by atoms with Crippen molar-refractivity contribution in [2.45, 2.75) is 52.3 Å². The van der Waals surface area contributed by atoms with Gasteiger partial charge in [-0.05, 0) is 25.0 Å². The molecule has 1 saturated heterocycles. The number of hydrogen-bond donors (Lipinski definition) is 3. The molecule has 2 heterocycles. The van der Waals surface area contributed by atoms with E-state index in [2.05, 4.69) is 10.3 Å². The van der Waals surface area contributed by atoms with Crippen molar-refractivity contribution in [3.63, 3.8) is 0 Å². The summed E-state index contributed by atoms with van der Waals surface area (Å²) in [5.74, 6) is -0.534. The van der Waals surface area contributed by atoms with E-state index in [1.54, 1.807) is 17.6 Å². The molecule has 0 radical (unpaired) electrons. The summed E-state index contributed by atoms with van der Waals surface area (Å²) in [6, 6.07) is 4.64. The second-order valence-corrected chi connectivity index (χ2v) is 8.39. The Balaban J connectivity index is 1.67. The van der Waals surface area contributed by atoms with Crippen molar-refractivity contribution < 1.29 is 19.8 Å². The smallest absolute Gasteiger partial charge is 0.243 e. The lowest BCUT2D eigenvalue weighted by Gasteiger charge is -2.26. The molecule has 1 aliphatic heterocycles. The van der Waals surface area contributed by atoms with Gasteiger partial charge in [0, 0.05) is 31.0 Å². The van der Waals surface area contributed by atoms with Gasteiger partial charge in [0.15, 0.2) is 0 Å². The molecule has 29 heavy (non-hydrogen) atoms. The maximum Gasteiger partial charge on any atom is 0.243 e. The molecule has 0 aliphatic carbocycles. The number of phenols is 1. The normalized spacial score (nSPS) is 19.9. The number of rotatable bonds is 6. The number of aliphatic hydroxyl groups excluding tert-OH is 1. The number of aromatic hydroxyl groups is 1. The molecule has 8 heteroatoms. The van der Waals surface area contributed by atoms with Crippen LogP contribution in [0.1, 0.15) is 37.9 Å². The van der Waals surface area contributed by atoms with E-state index >= 15 is 0 Å². The van der Waals surface area contributed by atoms with Gasteiger partial charge in [-0.2, -0.15) is 0 Å². The molecule has 3 atom stereocenters. The van der Waals surface area contributed by atoms with Gasteiger partial charge < -0.3 is 20.4 Å². The second kappa shape index (κ2) is 8.92. The fraction of sp³-hybridized carbons (Fsp3) is 0.476. The predicted octanol–water partition coefficient (Wildman–Crippen LogP) is 2.45. The third kappa shape index (κ3) is 4.59. The molecule has 2 aromatic rings. The summed E-state index contributed by atoms with van der Waals surface area (Å²) in [4.78, 5) is 31.9. The van der Waals surface area contributed by atoms with Gasteiger partial charge in [0.05, 0.1) is 22.2 Å². The molecule has 2 amide bonds. The first-order chi connectivity index (χ1) is 13.8. The Hall–Kier alpha value is -2.45. The highest BCUT2D eigenvalue weighted by atomic mass is 32.1. The molecular weight excluding hydrogens is 390 g/mol. The summed E-state index contributed by atoms with van der Waals surface area (Å²) in [5, 5.41) is 23.1. The Morgan fingerprint density at radius 3 is 2.79 bits per heavy atom. The van der Waals surface area contributed by atoms with Crippen molar-refractivity contribution in [3.8, 4) is 16.2 Å². The molecule has 0 saturated carbocycles. The summed E-state index contributed by atoms with van der Waals surface area (Å²) < 4.78 is 0. The minimum atomic E-state index is -0.700. The highest BCUT2D eigenvalue weighted by Crippen LogP contribution is 2.31. The first kappa shape index (κ1) is 21.3. The Bertz CT molecular complexity index is 898. The first-order valence-corrected chi connectivity index (χ1v) is 10.7. The van der Waals surface area contributed by atoms with E-state index < -0.39 is 12.1 Å². The van der Waals surface area contributed by atoms with Gasteiger partial charge in [0.25, 0.3) is 0 Å². The largest absolute Gasteiger partial charge is 0.508 e.